The van der Waals surface area contributed by atoms with Crippen molar-refractivity contribution in [1.29, 1.82) is 0 Å². The van der Waals surface area contributed by atoms with Gasteiger partial charge in [0, 0.05) is 19.6 Å². The van der Waals surface area contributed by atoms with Crippen LogP contribution in [0.4, 0.5) is 5.69 Å². The minimum atomic E-state index is -3.72. The molecule has 0 radical (unpaired) electrons. The van der Waals surface area contributed by atoms with Crippen LogP contribution >= 0.6 is 11.8 Å². The fourth-order valence-electron chi connectivity index (χ4n) is 4.31. The summed E-state index contributed by atoms with van der Waals surface area (Å²) in [4.78, 5) is 26.5. The minimum Gasteiger partial charge on any atom is -0.482 e. The van der Waals surface area contributed by atoms with Crippen LogP contribution in [0, 0.1) is 11.8 Å². The van der Waals surface area contributed by atoms with Crippen LogP contribution in [0.2, 0.25) is 0 Å². The monoisotopic (exact) mass is 497 g/mol. The van der Waals surface area contributed by atoms with Crippen LogP contribution < -0.4 is 15.0 Å². The van der Waals surface area contributed by atoms with E-state index in [1.807, 2.05) is 11.8 Å². The SMILES string of the molecule is CCCSCCCNC(=O)CN1C(=O)COc2ccc(S(=O)(=O)N3C[C@H](C)C[C@H](C)C3)cc21. The van der Waals surface area contributed by atoms with E-state index in [0.29, 0.717) is 31.1 Å². The Bertz CT molecular complexity index is 943. The molecule has 1 aromatic carbocycles. The largest absolute Gasteiger partial charge is 0.482 e. The summed E-state index contributed by atoms with van der Waals surface area (Å²) in [7, 11) is -3.72. The average Bonchev–Trinajstić information content (AvgIpc) is 2.77. The van der Waals surface area contributed by atoms with Crippen molar-refractivity contribution in [3.8, 4) is 5.75 Å². The van der Waals surface area contributed by atoms with Crippen molar-refractivity contribution in [1.82, 2.24) is 9.62 Å². The lowest BCUT2D eigenvalue weighted by atomic mass is 9.94. The number of hydrogen-bond acceptors (Lipinski definition) is 6. The first-order valence-electron chi connectivity index (χ1n) is 11.6. The van der Waals surface area contributed by atoms with Crippen molar-refractivity contribution in [3.05, 3.63) is 18.2 Å². The first-order valence-corrected chi connectivity index (χ1v) is 14.2. The molecule has 2 heterocycles. The second-order valence-electron chi connectivity index (χ2n) is 8.98. The molecular formula is C23H35N3O5S2. The molecule has 1 fully saturated rings. The van der Waals surface area contributed by atoms with Crippen molar-refractivity contribution < 1.29 is 22.7 Å². The molecule has 2 amide bonds. The first-order chi connectivity index (χ1) is 15.7. The van der Waals surface area contributed by atoms with Crippen LogP contribution in [-0.4, -0.2) is 68.8 Å². The van der Waals surface area contributed by atoms with Crippen molar-refractivity contribution >= 4 is 39.3 Å². The Kier molecular flexibility index (Phi) is 9.06. The Labute approximate surface area is 201 Å². The molecule has 184 valence electrons. The van der Waals surface area contributed by atoms with Crippen LogP contribution in [-0.2, 0) is 19.6 Å². The lowest BCUT2D eigenvalue weighted by Gasteiger charge is -2.34. The van der Waals surface area contributed by atoms with Crippen molar-refractivity contribution in [2.24, 2.45) is 11.8 Å². The second-order valence-corrected chi connectivity index (χ2v) is 12.1. The molecule has 10 heteroatoms. The van der Waals surface area contributed by atoms with Gasteiger partial charge >= 0.3 is 0 Å². The summed E-state index contributed by atoms with van der Waals surface area (Å²) in [6.45, 7) is 7.39. The van der Waals surface area contributed by atoms with Crippen molar-refractivity contribution in [3.63, 3.8) is 0 Å². The fraction of sp³-hybridized carbons (Fsp3) is 0.652. The Morgan fingerprint density at radius 1 is 1.21 bits per heavy atom. The Hall–Kier alpha value is -1.78. The Morgan fingerprint density at radius 2 is 1.94 bits per heavy atom. The van der Waals surface area contributed by atoms with Gasteiger partial charge < -0.3 is 10.1 Å². The highest BCUT2D eigenvalue weighted by molar-refractivity contribution is 7.99. The van der Waals surface area contributed by atoms with E-state index in [2.05, 4.69) is 26.1 Å². The zero-order chi connectivity index (χ0) is 24.0. The smallest absolute Gasteiger partial charge is 0.265 e. The third-order valence-corrected chi connectivity index (χ3v) is 8.89. The van der Waals surface area contributed by atoms with Crippen LogP contribution in [0.1, 0.15) is 40.0 Å². The van der Waals surface area contributed by atoms with Gasteiger partial charge in [-0.25, -0.2) is 8.42 Å². The number of carbonyl (C=O) groups is 2. The van der Waals surface area contributed by atoms with E-state index in [9.17, 15) is 18.0 Å². The summed E-state index contributed by atoms with van der Waals surface area (Å²) < 4.78 is 33.7. The number of carbonyl (C=O) groups excluding carboxylic acids is 2. The van der Waals surface area contributed by atoms with Gasteiger partial charge in [0.1, 0.15) is 12.3 Å². The van der Waals surface area contributed by atoms with Gasteiger partial charge in [0.15, 0.2) is 6.61 Å². The zero-order valence-corrected chi connectivity index (χ0v) is 21.3. The second kappa shape index (κ2) is 11.6. The number of anilines is 1. The first kappa shape index (κ1) is 25.8. The third-order valence-electron chi connectivity index (χ3n) is 5.78. The standard InChI is InChI=1S/C23H35N3O5S2/c1-4-9-32-10-5-8-24-22(27)15-26-20-12-19(6-7-21(20)31-16-23(26)28)33(29,30)25-13-17(2)11-18(3)14-25/h6-7,12,17-18H,4-5,8-11,13-16H2,1-3H3,(H,24,27)/t17-,18+. The summed E-state index contributed by atoms with van der Waals surface area (Å²) in [6.07, 6.45) is 2.99. The molecule has 1 aromatic rings. The molecule has 2 aliphatic rings. The van der Waals surface area contributed by atoms with Crippen molar-refractivity contribution in [2.45, 2.75) is 44.9 Å². The minimum absolute atomic E-state index is 0.110. The van der Waals surface area contributed by atoms with E-state index in [4.69, 9.17) is 4.74 Å². The predicted octanol–water partition coefficient (Wildman–Crippen LogP) is 2.73. The van der Waals surface area contributed by atoms with E-state index in [1.165, 1.54) is 21.3 Å². The van der Waals surface area contributed by atoms with Crippen LogP contribution in [0.3, 0.4) is 0 Å². The maximum atomic E-state index is 13.3. The molecule has 3 rings (SSSR count). The number of hydrogen-bond donors (Lipinski definition) is 1. The number of nitrogens with one attached hydrogen (secondary N) is 1. The van der Waals surface area contributed by atoms with E-state index >= 15 is 0 Å². The highest BCUT2D eigenvalue weighted by atomic mass is 32.2. The van der Waals surface area contributed by atoms with Crippen LogP contribution in [0.25, 0.3) is 0 Å². The molecule has 2 aliphatic heterocycles. The Balaban J connectivity index is 1.72. The number of ether oxygens (including phenoxy) is 1. The average molecular weight is 498 g/mol. The lowest BCUT2D eigenvalue weighted by molar-refractivity contribution is -0.125. The number of fused-ring (bicyclic) bond motifs is 1. The molecule has 8 nitrogen and oxygen atoms in total. The van der Waals surface area contributed by atoms with E-state index in [0.717, 1.165) is 30.8 Å². The third kappa shape index (κ3) is 6.64. The van der Waals surface area contributed by atoms with E-state index < -0.39 is 10.0 Å². The number of benzene rings is 1. The number of thioether (sulfide) groups is 1. The summed E-state index contributed by atoms with van der Waals surface area (Å²) >= 11 is 1.85. The van der Waals surface area contributed by atoms with E-state index in [1.54, 1.807) is 6.07 Å². The number of piperidine rings is 1. The van der Waals surface area contributed by atoms with Gasteiger partial charge in [0.25, 0.3) is 5.91 Å². The van der Waals surface area contributed by atoms with E-state index in [-0.39, 0.29) is 41.7 Å². The van der Waals surface area contributed by atoms with Crippen molar-refractivity contribution in [2.75, 3.05) is 49.2 Å². The molecule has 1 N–H and O–H groups in total. The van der Waals surface area contributed by atoms with Gasteiger partial charge in [0.05, 0.1) is 10.6 Å². The van der Waals surface area contributed by atoms with Crippen LogP contribution in [0.5, 0.6) is 5.75 Å². The predicted molar refractivity (Wildman–Crippen MR) is 131 cm³/mol. The maximum Gasteiger partial charge on any atom is 0.265 e. The molecule has 0 bridgehead atoms. The summed E-state index contributed by atoms with van der Waals surface area (Å²) in [5, 5.41) is 2.85. The van der Waals surface area contributed by atoms with Gasteiger partial charge in [0.2, 0.25) is 15.9 Å². The van der Waals surface area contributed by atoms with Gasteiger partial charge in [-0.1, -0.05) is 20.8 Å². The summed E-state index contributed by atoms with van der Waals surface area (Å²) in [5.41, 5.74) is 0.319. The summed E-state index contributed by atoms with van der Waals surface area (Å²) in [6, 6.07) is 4.54. The molecule has 1 saturated heterocycles. The normalized spacial score (nSPS) is 21.4. The molecular weight excluding hydrogens is 462 g/mol. The lowest BCUT2D eigenvalue weighted by Crippen LogP contribution is -2.45. The Morgan fingerprint density at radius 3 is 2.64 bits per heavy atom. The molecule has 33 heavy (non-hydrogen) atoms. The number of rotatable bonds is 10. The molecule has 0 saturated carbocycles. The van der Waals surface area contributed by atoms with Crippen LogP contribution in [0.15, 0.2) is 23.1 Å². The van der Waals surface area contributed by atoms with Gasteiger partial charge in [-0.15, -0.1) is 0 Å². The molecule has 2 atom stereocenters. The topological polar surface area (TPSA) is 96.0 Å². The van der Waals surface area contributed by atoms with Gasteiger partial charge in [-0.3, -0.25) is 14.5 Å². The summed E-state index contributed by atoms with van der Waals surface area (Å²) in [5.74, 6) is 2.40. The van der Waals surface area contributed by atoms with Gasteiger partial charge in [-0.05, 0) is 60.8 Å². The zero-order valence-electron chi connectivity index (χ0n) is 19.7. The quantitative estimate of drug-likeness (QED) is 0.500. The highest BCUT2D eigenvalue weighted by Crippen LogP contribution is 2.36. The number of sulfonamides is 1. The molecule has 0 aromatic heterocycles. The number of nitrogens with zero attached hydrogens (tertiary/aromatic N) is 2. The maximum absolute atomic E-state index is 13.3. The number of amides is 2. The molecule has 0 spiro atoms. The van der Waals surface area contributed by atoms with Gasteiger partial charge in [-0.2, -0.15) is 16.1 Å². The fourth-order valence-corrected chi connectivity index (χ4v) is 6.86. The molecule has 0 aliphatic carbocycles. The highest BCUT2D eigenvalue weighted by Gasteiger charge is 2.34. The molecule has 0 unspecified atom stereocenters.